The fraction of sp³-hybridized carbons (Fsp3) is 0.158. The molecule has 24 heavy (non-hydrogen) atoms. The molecule has 5 nitrogen and oxygen atoms in total. The first-order valence-corrected chi connectivity index (χ1v) is 7.48. The summed E-state index contributed by atoms with van der Waals surface area (Å²) in [7, 11) is 1.52. The summed E-state index contributed by atoms with van der Waals surface area (Å²) < 4.78 is 10.3. The molecule has 0 aliphatic rings. The first-order chi connectivity index (χ1) is 11.6. The summed E-state index contributed by atoms with van der Waals surface area (Å²) in [4.78, 5) is 23.9. The van der Waals surface area contributed by atoms with Gasteiger partial charge in [0.05, 0.1) is 12.8 Å². The second kappa shape index (κ2) is 8.53. The Morgan fingerprint density at radius 3 is 2.42 bits per heavy atom. The van der Waals surface area contributed by atoms with Crippen molar-refractivity contribution in [1.29, 1.82) is 0 Å². The van der Waals surface area contributed by atoms with Crippen LogP contribution in [0.1, 0.15) is 12.5 Å². The van der Waals surface area contributed by atoms with Crippen LogP contribution in [-0.2, 0) is 14.3 Å². The number of carbonyl (C=O) groups excluding carboxylic acids is 2. The van der Waals surface area contributed by atoms with Gasteiger partial charge in [0.15, 0.2) is 6.10 Å². The number of benzene rings is 2. The molecule has 124 valence electrons. The van der Waals surface area contributed by atoms with E-state index < -0.39 is 18.0 Å². The van der Waals surface area contributed by atoms with Gasteiger partial charge in [-0.05, 0) is 30.7 Å². The molecule has 0 aliphatic heterocycles. The quantitative estimate of drug-likeness (QED) is 0.654. The van der Waals surface area contributed by atoms with E-state index in [1.165, 1.54) is 20.1 Å². The summed E-state index contributed by atoms with van der Waals surface area (Å²) in [6.45, 7) is 1.51. The number of rotatable bonds is 6. The summed E-state index contributed by atoms with van der Waals surface area (Å²) in [5.41, 5.74) is 1.40. The Bertz CT molecular complexity index is 725. The third-order valence-corrected chi connectivity index (χ3v) is 3.24. The van der Waals surface area contributed by atoms with Crippen LogP contribution in [0.25, 0.3) is 6.08 Å². The van der Waals surface area contributed by atoms with Crippen molar-refractivity contribution in [3.05, 3.63) is 66.2 Å². The van der Waals surface area contributed by atoms with Crippen molar-refractivity contribution in [2.45, 2.75) is 13.0 Å². The Morgan fingerprint density at radius 2 is 1.71 bits per heavy atom. The summed E-state index contributed by atoms with van der Waals surface area (Å²) in [5.74, 6) is -0.476. The van der Waals surface area contributed by atoms with Crippen molar-refractivity contribution in [2.24, 2.45) is 0 Å². The van der Waals surface area contributed by atoms with E-state index in [9.17, 15) is 9.59 Å². The number of anilines is 1. The molecule has 1 N–H and O–H groups in total. The number of hydrogen-bond donors (Lipinski definition) is 1. The van der Waals surface area contributed by atoms with E-state index in [1.54, 1.807) is 30.3 Å². The lowest BCUT2D eigenvalue weighted by Gasteiger charge is -2.14. The first kappa shape index (κ1) is 17.3. The molecule has 2 aromatic rings. The molecule has 0 aliphatic carbocycles. The second-order valence-electron chi connectivity index (χ2n) is 5.01. The molecule has 0 heterocycles. The van der Waals surface area contributed by atoms with Crippen LogP contribution in [0.15, 0.2) is 60.7 Å². The number of para-hydroxylation sites is 2. The molecule has 1 amide bonds. The molecule has 2 rings (SSSR count). The van der Waals surface area contributed by atoms with Gasteiger partial charge in [0, 0.05) is 6.08 Å². The Balaban J connectivity index is 1.91. The fourth-order valence-electron chi connectivity index (χ4n) is 1.98. The molecule has 0 radical (unpaired) electrons. The van der Waals surface area contributed by atoms with Crippen LogP contribution in [0.4, 0.5) is 5.69 Å². The number of esters is 1. The molecular weight excluding hydrogens is 306 g/mol. The standard InChI is InChI=1S/C19H19NO4/c1-14(19(22)20-16-10-6-7-11-17(16)23-2)24-18(21)13-12-15-8-4-3-5-9-15/h3-14H,1-2H3,(H,20,22)/b13-12+. The highest BCUT2D eigenvalue weighted by Crippen LogP contribution is 2.23. The molecule has 0 spiro atoms. The number of ether oxygens (including phenoxy) is 2. The highest BCUT2D eigenvalue weighted by molar-refractivity contribution is 5.97. The van der Waals surface area contributed by atoms with Gasteiger partial charge in [-0.25, -0.2) is 4.79 Å². The van der Waals surface area contributed by atoms with E-state index in [0.29, 0.717) is 11.4 Å². The van der Waals surface area contributed by atoms with E-state index in [2.05, 4.69) is 5.32 Å². The molecule has 5 heteroatoms. The zero-order valence-corrected chi connectivity index (χ0v) is 13.6. The predicted octanol–water partition coefficient (Wildman–Crippen LogP) is 3.28. The van der Waals surface area contributed by atoms with Crippen LogP contribution in [-0.4, -0.2) is 25.1 Å². The van der Waals surface area contributed by atoms with Gasteiger partial charge in [-0.15, -0.1) is 0 Å². The molecule has 1 unspecified atom stereocenters. The Morgan fingerprint density at radius 1 is 1.04 bits per heavy atom. The van der Waals surface area contributed by atoms with Crippen LogP contribution in [0, 0.1) is 0 Å². The summed E-state index contributed by atoms with van der Waals surface area (Å²) in [6, 6.07) is 16.4. The molecule has 0 saturated carbocycles. The monoisotopic (exact) mass is 325 g/mol. The highest BCUT2D eigenvalue weighted by atomic mass is 16.5. The molecule has 0 aromatic heterocycles. The van der Waals surface area contributed by atoms with Crippen LogP contribution < -0.4 is 10.1 Å². The SMILES string of the molecule is COc1ccccc1NC(=O)C(C)OC(=O)/C=C/c1ccccc1. The largest absolute Gasteiger partial charge is 0.495 e. The van der Waals surface area contributed by atoms with Gasteiger partial charge in [-0.3, -0.25) is 4.79 Å². The van der Waals surface area contributed by atoms with Gasteiger partial charge < -0.3 is 14.8 Å². The smallest absolute Gasteiger partial charge is 0.331 e. The van der Waals surface area contributed by atoms with Crippen LogP contribution in [0.3, 0.4) is 0 Å². The van der Waals surface area contributed by atoms with Crippen molar-refractivity contribution in [3.63, 3.8) is 0 Å². The lowest BCUT2D eigenvalue weighted by atomic mass is 10.2. The van der Waals surface area contributed by atoms with Gasteiger partial charge in [0.2, 0.25) is 0 Å². The molecule has 1 atom stereocenters. The van der Waals surface area contributed by atoms with Crippen molar-refractivity contribution >= 4 is 23.6 Å². The maximum atomic E-state index is 12.1. The Kier molecular flexibility index (Phi) is 6.14. The highest BCUT2D eigenvalue weighted by Gasteiger charge is 2.17. The van der Waals surface area contributed by atoms with E-state index in [0.717, 1.165) is 5.56 Å². The van der Waals surface area contributed by atoms with Crippen molar-refractivity contribution in [2.75, 3.05) is 12.4 Å². The van der Waals surface area contributed by atoms with E-state index in [4.69, 9.17) is 9.47 Å². The lowest BCUT2D eigenvalue weighted by Crippen LogP contribution is -2.29. The fourth-order valence-corrected chi connectivity index (χ4v) is 1.98. The van der Waals surface area contributed by atoms with Crippen LogP contribution in [0.2, 0.25) is 0 Å². The van der Waals surface area contributed by atoms with Crippen molar-refractivity contribution in [1.82, 2.24) is 0 Å². The average Bonchev–Trinajstić information content (AvgIpc) is 2.61. The summed E-state index contributed by atoms with van der Waals surface area (Å²) in [5, 5.41) is 2.68. The zero-order chi connectivity index (χ0) is 17.4. The zero-order valence-electron chi connectivity index (χ0n) is 13.6. The Hall–Kier alpha value is -3.08. The maximum Gasteiger partial charge on any atom is 0.331 e. The maximum absolute atomic E-state index is 12.1. The number of methoxy groups -OCH3 is 1. The van der Waals surface area contributed by atoms with E-state index in [1.807, 2.05) is 30.3 Å². The van der Waals surface area contributed by atoms with Gasteiger partial charge in [-0.2, -0.15) is 0 Å². The third kappa shape index (κ3) is 4.98. The molecule has 0 saturated heterocycles. The number of hydrogen-bond acceptors (Lipinski definition) is 4. The minimum Gasteiger partial charge on any atom is -0.495 e. The lowest BCUT2D eigenvalue weighted by molar-refractivity contribution is -0.148. The van der Waals surface area contributed by atoms with E-state index >= 15 is 0 Å². The third-order valence-electron chi connectivity index (χ3n) is 3.24. The normalized spacial score (nSPS) is 11.8. The van der Waals surface area contributed by atoms with Gasteiger partial charge in [0.1, 0.15) is 5.75 Å². The van der Waals surface area contributed by atoms with Gasteiger partial charge in [-0.1, -0.05) is 42.5 Å². The van der Waals surface area contributed by atoms with Crippen LogP contribution in [0.5, 0.6) is 5.75 Å². The second-order valence-corrected chi connectivity index (χ2v) is 5.01. The minimum absolute atomic E-state index is 0.430. The van der Waals surface area contributed by atoms with Gasteiger partial charge in [0.25, 0.3) is 5.91 Å². The number of carbonyl (C=O) groups is 2. The molecule has 2 aromatic carbocycles. The molecular formula is C19H19NO4. The minimum atomic E-state index is -0.928. The molecule has 0 bridgehead atoms. The Labute approximate surface area is 140 Å². The topological polar surface area (TPSA) is 64.6 Å². The average molecular weight is 325 g/mol. The summed E-state index contributed by atoms with van der Waals surface area (Å²) >= 11 is 0. The van der Waals surface area contributed by atoms with Crippen molar-refractivity contribution < 1.29 is 19.1 Å². The van der Waals surface area contributed by atoms with Crippen LogP contribution >= 0.6 is 0 Å². The predicted molar refractivity (Wildman–Crippen MR) is 92.7 cm³/mol. The van der Waals surface area contributed by atoms with Crippen molar-refractivity contribution in [3.8, 4) is 5.75 Å². The number of nitrogens with one attached hydrogen (secondary N) is 1. The van der Waals surface area contributed by atoms with E-state index in [-0.39, 0.29) is 0 Å². The molecule has 0 fully saturated rings. The first-order valence-electron chi connectivity index (χ1n) is 7.48. The summed E-state index contributed by atoms with van der Waals surface area (Å²) in [6.07, 6.45) is 2.00. The van der Waals surface area contributed by atoms with Gasteiger partial charge >= 0.3 is 5.97 Å². The number of amides is 1.